The second-order valence-electron chi connectivity index (χ2n) is 5.57. The highest BCUT2D eigenvalue weighted by molar-refractivity contribution is 5.29. The van der Waals surface area contributed by atoms with Gasteiger partial charge < -0.3 is 19.6 Å². The van der Waals surface area contributed by atoms with Crippen molar-refractivity contribution in [1.29, 1.82) is 5.26 Å². The third-order valence-electron chi connectivity index (χ3n) is 3.67. The zero-order valence-electron chi connectivity index (χ0n) is 13.4. The van der Waals surface area contributed by atoms with E-state index in [1.54, 1.807) is 18.4 Å². The van der Waals surface area contributed by atoms with E-state index >= 15 is 0 Å². The van der Waals surface area contributed by atoms with Crippen molar-refractivity contribution in [2.75, 3.05) is 6.61 Å². The van der Waals surface area contributed by atoms with Crippen LogP contribution in [-0.2, 0) is 0 Å². The minimum Gasteiger partial charge on any atom is -0.479 e. The summed E-state index contributed by atoms with van der Waals surface area (Å²) >= 11 is 0. The molecule has 0 bridgehead atoms. The predicted molar refractivity (Wildman–Crippen MR) is 86.8 cm³/mol. The first kappa shape index (κ1) is 17.1. The van der Waals surface area contributed by atoms with Crippen LogP contribution in [0.1, 0.15) is 43.7 Å². The van der Waals surface area contributed by atoms with Crippen molar-refractivity contribution in [2.45, 2.75) is 38.5 Å². The normalized spacial score (nSPS) is 14.7. The molecule has 122 valence electrons. The first-order valence-corrected chi connectivity index (χ1v) is 7.67. The molecule has 0 radical (unpaired) electrons. The molecule has 5 nitrogen and oxygen atoms in total. The van der Waals surface area contributed by atoms with E-state index in [1.807, 2.05) is 37.3 Å². The van der Waals surface area contributed by atoms with Crippen LogP contribution in [0.3, 0.4) is 0 Å². The number of nitrogens with one attached hydrogen (secondary N) is 1. The summed E-state index contributed by atoms with van der Waals surface area (Å²) in [5, 5.41) is 22.1. The summed E-state index contributed by atoms with van der Waals surface area (Å²) in [6.07, 6.45) is 1.53. The lowest BCUT2D eigenvalue weighted by Crippen LogP contribution is -2.30. The molecule has 23 heavy (non-hydrogen) atoms. The Hall–Kier alpha value is -2.29. The molecule has 0 saturated heterocycles. The summed E-state index contributed by atoms with van der Waals surface area (Å²) in [7, 11) is 0. The van der Waals surface area contributed by atoms with Crippen LogP contribution in [0.15, 0.2) is 47.1 Å². The molecule has 1 aromatic carbocycles. The Morgan fingerprint density at radius 3 is 2.61 bits per heavy atom. The largest absolute Gasteiger partial charge is 0.479 e. The number of aliphatic hydroxyl groups is 1. The Morgan fingerprint density at radius 2 is 2.00 bits per heavy atom. The fourth-order valence-corrected chi connectivity index (χ4v) is 2.49. The molecule has 3 unspecified atom stereocenters. The molecule has 0 aliphatic heterocycles. The van der Waals surface area contributed by atoms with Gasteiger partial charge in [-0.15, -0.1) is 0 Å². The van der Waals surface area contributed by atoms with Gasteiger partial charge in [0.1, 0.15) is 23.7 Å². The number of furan rings is 1. The number of benzene rings is 1. The first-order valence-electron chi connectivity index (χ1n) is 7.67. The van der Waals surface area contributed by atoms with Gasteiger partial charge in [0.2, 0.25) is 0 Å². The van der Waals surface area contributed by atoms with Crippen LogP contribution in [-0.4, -0.2) is 17.8 Å². The quantitative estimate of drug-likeness (QED) is 0.781. The molecule has 2 aromatic rings. The van der Waals surface area contributed by atoms with Gasteiger partial charge >= 0.3 is 0 Å². The zero-order chi connectivity index (χ0) is 16.7. The number of nitriles is 1. The van der Waals surface area contributed by atoms with Crippen LogP contribution in [0.4, 0.5) is 0 Å². The van der Waals surface area contributed by atoms with Gasteiger partial charge in [0, 0.05) is 12.1 Å². The zero-order valence-corrected chi connectivity index (χ0v) is 13.4. The summed E-state index contributed by atoms with van der Waals surface area (Å²) in [5.74, 6) is 1.27. The van der Waals surface area contributed by atoms with E-state index in [0.717, 1.165) is 5.56 Å². The second kappa shape index (κ2) is 8.37. The van der Waals surface area contributed by atoms with Crippen LogP contribution < -0.4 is 10.1 Å². The smallest absolute Gasteiger partial charge is 0.174 e. The average molecular weight is 314 g/mol. The number of aliphatic hydroxyl groups excluding tert-OH is 1. The lowest BCUT2D eigenvalue weighted by Gasteiger charge is -2.22. The maximum atomic E-state index is 10.1. The third kappa shape index (κ3) is 5.13. The fraction of sp³-hybridized carbons (Fsp3) is 0.389. The summed E-state index contributed by atoms with van der Waals surface area (Å²) in [6, 6.07) is 13.4. The Balaban J connectivity index is 1.85. The molecule has 1 heterocycles. The van der Waals surface area contributed by atoms with Crippen molar-refractivity contribution in [3.63, 3.8) is 0 Å². The number of ether oxygens (including phenoxy) is 1. The molecular formula is C18H22N2O3. The molecule has 2 N–H and O–H groups in total. The lowest BCUT2D eigenvalue weighted by atomic mass is 10.0. The van der Waals surface area contributed by atoms with E-state index in [-0.39, 0.29) is 18.7 Å². The molecular weight excluding hydrogens is 292 g/mol. The topological polar surface area (TPSA) is 78.4 Å². The van der Waals surface area contributed by atoms with Gasteiger partial charge in [-0.1, -0.05) is 12.1 Å². The minimum atomic E-state index is -0.610. The van der Waals surface area contributed by atoms with Crippen molar-refractivity contribution in [1.82, 2.24) is 5.32 Å². The Labute approximate surface area is 136 Å². The molecule has 0 aliphatic rings. The lowest BCUT2D eigenvalue weighted by molar-refractivity contribution is 0.127. The van der Waals surface area contributed by atoms with Gasteiger partial charge in [-0.3, -0.25) is 0 Å². The predicted octanol–water partition coefficient (Wildman–Crippen LogP) is 3.34. The van der Waals surface area contributed by atoms with E-state index in [2.05, 4.69) is 12.2 Å². The minimum absolute atomic E-state index is 0.0504. The van der Waals surface area contributed by atoms with Crippen LogP contribution >= 0.6 is 0 Å². The van der Waals surface area contributed by atoms with Crippen LogP contribution in [0.5, 0.6) is 5.75 Å². The van der Waals surface area contributed by atoms with Crippen molar-refractivity contribution in [2.24, 2.45) is 0 Å². The maximum Gasteiger partial charge on any atom is 0.174 e. The number of hydrogen-bond donors (Lipinski definition) is 2. The molecule has 0 spiro atoms. The summed E-state index contributed by atoms with van der Waals surface area (Å²) in [5.41, 5.74) is 1.12. The third-order valence-corrected chi connectivity index (χ3v) is 3.67. The van der Waals surface area contributed by atoms with E-state index in [1.165, 1.54) is 0 Å². The van der Waals surface area contributed by atoms with E-state index in [9.17, 15) is 5.11 Å². The molecule has 0 saturated carbocycles. The van der Waals surface area contributed by atoms with Crippen LogP contribution in [0.25, 0.3) is 0 Å². The summed E-state index contributed by atoms with van der Waals surface area (Å²) < 4.78 is 10.5. The van der Waals surface area contributed by atoms with Crippen molar-refractivity contribution in [3.05, 3.63) is 54.0 Å². The summed E-state index contributed by atoms with van der Waals surface area (Å²) in [6.45, 7) is 4.16. The van der Waals surface area contributed by atoms with Crippen molar-refractivity contribution in [3.8, 4) is 11.8 Å². The average Bonchev–Trinajstić information content (AvgIpc) is 3.07. The highest BCUT2D eigenvalue weighted by atomic mass is 16.5. The molecule has 2 rings (SSSR count). The molecule has 1 aromatic heterocycles. The molecule has 0 aliphatic carbocycles. The van der Waals surface area contributed by atoms with Crippen LogP contribution in [0, 0.1) is 11.3 Å². The number of hydrogen-bond acceptors (Lipinski definition) is 5. The highest BCUT2D eigenvalue weighted by Crippen LogP contribution is 2.22. The van der Waals surface area contributed by atoms with Gasteiger partial charge in [-0.05, 0) is 50.1 Å². The Morgan fingerprint density at radius 1 is 1.26 bits per heavy atom. The SMILES string of the molecule is CC(CC(O)c1ccco1)NC(C)c1ccc(OCC#N)cc1. The van der Waals surface area contributed by atoms with Gasteiger partial charge in [0.05, 0.1) is 6.26 Å². The van der Waals surface area contributed by atoms with E-state index in [0.29, 0.717) is 17.9 Å². The van der Waals surface area contributed by atoms with E-state index in [4.69, 9.17) is 14.4 Å². The van der Waals surface area contributed by atoms with Crippen LogP contribution in [0.2, 0.25) is 0 Å². The number of rotatable bonds is 8. The molecule has 0 amide bonds. The number of nitrogens with zero attached hydrogens (tertiary/aromatic N) is 1. The van der Waals surface area contributed by atoms with Gasteiger partial charge in [0.25, 0.3) is 0 Å². The Kier molecular flexibility index (Phi) is 6.21. The monoisotopic (exact) mass is 314 g/mol. The van der Waals surface area contributed by atoms with Gasteiger partial charge in [0.15, 0.2) is 6.61 Å². The maximum absolute atomic E-state index is 10.1. The van der Waals surface area contributed by atoms with Crippen molar-refractivity contribution >= 4 is 0 Å². The molecule has 5 heteroatoms. The molecule has 3 atom stereocenters. The molecule has 0 fully saturated rings. The van der Waals surface area contributed by atoms with E-state index < -0.39 is 6.10 Å². The van der Waals surface area contributed by atoms with Crippen molar-refractivity contribution < 1.29 is 14.3 Å². The van der Waals surface area contributed by atoms with Gasteiger partial charge in [-0.25, -0.2) is 0 Å². The Bertz CT molecular complexity index is 617. The highest BCUT2D eigenvalue weighted by Gasteiger charge is 2.16. The fourth-order valence-electron chi connectivity index (χ4n) is 2.49. The standard InChI is InChI=1S/C18H22N2O3/c1-13(12-17(21)18-4-3-10-23-18)20-14(2)15-5-7-16(8-6-15)22-11-9-19/h3-8,10,13-14,17,20-21H,11-12H2,1-2H3. The summed E-state index contributed by atoms with van der Waals surface area (Å²) in [4.78, 5) is 0. The van der Waals surface area contributed by atoms with Gasteiger partial charge in [-0.2, -0.15) is 5.26 Å². The second-order valence-corrected chi connectivity index (χ2v) is 5.57. The first-order chi connectivity index (χ1) is 11.1.